The summed E-state index contributed by atoms with van der Waals surface area (Å²) in [5.41, 5.74) is 2.03. The van der Waals surface area contributed by atoms with Crippen LogP contribution in [0.5, 0.6) is 11.6 Å². The van der Waals surface area contributed by atoms with Gasteiger partial charge in [-0.25, -0.2) is 4.98 Å². The van der Waals surface area contributed by atoms with E-state index in [4.69, 9.17) is 9.47 Å². The topological polar surface area (TPSA) is 43.4 Å². The number of pyridine rings is 1. The lowest BCUT2D eigenvalue weighted by Gasteiger charge is -2.14. The first-order valence-corrected chi connectivity index (χ1v) is 7.57. The van der Waals surface area contributed by atoms with E-state index in [0.717, 1.165) is 21.5 Å². The molecule has 0 atom stereocenters. The van der Waals surface area contributed by atoms with Gasteiger partial charge in [0.2, 0.25) is 5.88 Å². The van der Waals surface area contributed by atoms with Gasteiger partial charge in [-0.05, 0) is 59.6 Å². The summed E-state index contributed by atoms with van der Waals surface area (Å²) in [6.45, 7) is 4.65. The first-order chi connectivity index (χ1) is 10.1. The predicted molar refractivity (Wildman–Crippen MR) is 88.0 cm³/mol. The van der Waals surface area contributed by atoms with Crippen LogP contribution in [0.3, 0.4) is 0 Å². The number of anilines is 1. The summed E-state index contributed by atoms with van der Waals surface area (Å²) in [6, 6.07) is 9.85. The van der Waals surface area contributed by atoms with Crippen molar-refractivity contribution in [3.63, 3.8) is 0 Å². The zero-order valence-corrected chi connectivity index (χ0v) is 14.0. The fourth-order valence-electron chi connectivity index (χ4n) is 1.86. The largest absolute Gasteiger partial charge is 0.496 e. The third kappa shape index (κ3) is 4.36. The van der Waals surface area contributed by atoms with Crippen LogP contribution in [0.4, 0.5) is 5.69 Å². The first-order valence-electron chi connectivity index (χ1n) is 6.78. The molecule has 0 radical (unpaired) electrons. The maximum absolute atomic E-state index is 5.69. The minimum absolute atomic E-state index is 0.0931. The Kier molecular flexibility index (Phi) is 5.44. The summed E-state index contributed by atoms with van der Waals surface area (Å²) >= 11 is 3.49. The molecule has 0 spiro atoms. The minimum atomic E-state index is 0.0931. The van der Waals surface area contributed by atoms with Gasteiger partial charge >= 0.3 is 0 Å². The molecular formula is C16H19BrN2O2. The molecule has 0 aliphatic rings. The second-order valence-electron chi connectivity index (χ2n) is 4.85. The molecule has 0 saturated carbocycles. The van der Waals surface area contributed by atoms with Crippen LogP contribution >= 0.6 is 15.9 Å². The Bertz CT molecular complexity index is 603. The minimum Gasteiger partial charge on any atom is -0.496 e. The van der Waals surface area contributed by atoms with Gasteiger partial charge in [-0.1, -0.05) is 6.07 Å². The molecule has 2 rings (SSSR count). The molecule has 1 aromatic carbocycles. The average Bonchev–Trinajstić information content (AvgIpc) is 2.46. The maximum Gasteiger partial charge on any atom is 0.237 e. The first kappa shape index (κ1) is 15.6. The summed E-state index contributed by atoms with van der Waals surface area (Å²) < 4.78 is 11.9. The molecule has 0 saturated heterocycles. The Balaban J connectivity index is 2.08. The molecule has 0 fully saturated rings. The summed E-state index contributed by atoms with van der Waals surface area (Å²) in [4.78, 5) is 4.26. The normalized spacial score (nSPS) is 10.5. The van der Waals surface area contributed by atoms with Gasteiger partial charge in [-0.3, -0.25) is 0 Å². The van der Waals surface area contributed by atoms with Crippen molar-refractivity contribution < 1.29 is 9.47 Å². The van der Waals surface area contributed by atoms with E-state index in [-0.39, 0.29) is 6.10 Å². The Morgan fingerprint density at radius 3 is 2.76 bits per heavy atom. The summed E-state index contributed by atoms with van der Waals surface area (Å²) in [5, 5.41) is 3.35. The van der Waals surface area contributed by atoms with Gasteiger partial charge in [0.05, 0.1) is 23.4 Å². The van der Waals surface area contributed by atoms with Crippen LogP contribution in [-0.4, -0.2) is 18.2 Å². The Hall–Kier alpha value is -1.75. The van der Waals surface area contributed by atoms with Gasteiger partial charge in [-0.2, -0.15) is 0 Å². The third-order valence-electron chi connectivity index (χ3n) is 2.82. The van der Waals surface area contributed by atoms with E-state index in [9.17, 15) is 0 Å². The molecule has 1 aromatic heterocycles. The van der Waals surface area contributed by atoms with E-state index < -0.39 is 0 Å². The number of nitrogens with one attached hydrogen (secondary N) is 1. The lowest BCUT2D eigenvalue weighted by Crippen LogP contribution is -2.10. The Labute approximate surface area is 133 Å². The van der Waals surface area contributed by atoms with Crippen LogP contribution < -0.4 is 14.8 Å². The smallest absolute Gasteiger partial charge is 0.237 e. The lowest BCUT2D eigenvalue weighted by molar-refractivity contribution is 0.234. The monoisotopic (exact) mass is 350 g/mol. The number of methoxy groups -OCH3 is 1. The molecule has 4 nitrogen and oxygen atoms in total. The van der Waals surface area contributed by atoms with Gasteiger partial charge in [0.15, 0.2) is 0 Å². The molecular weight excluding hydrogens is 332 g/mol. The molecule has 112 valence electrons. The highest BCUT2D eigenvalue weighted by Crippen LogP contribution is 2.27. The number of rotatable bonds is 6. The highest BCUT2D eigenvalue weighted by molar-refractivity contribution is 9.10. The van der Waals surface area contributed by atoms with Crippen molar-refractivity contribution in [1.29, 1.82) is 0 Å². The van der Waals surface area contributed by atoms with Crippen LogP contribution in [0.25, 0.3) is 0 Å². The molecule has 2 aromatic rings. The van der Waals surface area contributed by atoms with Crippen LogP contribution in [0.1, 0.15) is 19.4 Å². The number of ether oxygens (including phenoxy) is 2. The van der Waals surface area contributed by atoms with Gasteiger partial charge in [-0.15, -0.1) is 0 Å². The quantitative estimate of drug-likeness (QED) is 0.845. The van der Waals surface area contributed by atoms with Crippen molar-refractivity contribution in [2.24, 2.45) is 0 Å². The standard InChI is InChI=1S/C16H19BrN2O2/c1-11(2)21-16-14(5-4-8-18-16)19-10-12-6-7-15(20-3)13(17)9-12/h4-9,11,19H,10H2,1-3H3. The van der Waals surface area contributed by atoms with Gasteiger partial charge < -0.3 is 14.8 Å². The molecule has 1 heterocycles. The van der Waals surface area contributed by atoms with E-state index in [2.05, 4.69) is 26.2 Å². The number of aromatic nitrogens is 1. The van der Waals surface area contributed by atoms with Crippen molar-refractivity contribution in [3.05, 3.63) is 46.6 Å². The van der Waals surface area contributed by atoms with Crippen molar-refractivity contribution >= 4 is 21.6 Å². The fourth-order valence-corrected chi connectivity index (χ4v) is 2.45. The predicted octanol–water partition coefficient (Wildman–Crippen LogP) is 4.25. The van der Waals surface area contributed by atoms with Crippen molar-refractivity contribution in [1.82, 2.24) is 4.98 Å². The van der Waals surface area contributed by atoms with Crippen LogP contribution in [0.2, 0.25) is 0 Å². The van der Waals surface area contributed by atoms with Crippen molar-refractivity contribution in [2.75, 3.05) is 12.4 Å². The van der Waals surface area contributed by atoms with Crippen LogP contribution in [-0.2, 0) is 6.54 Å². The van der Waals surface area contributed by atoms with Gasteiger partial charge in [0.1, 0.15) is 5.75 Å². The number of hydrogen-bond acceptors (Lipinski definition) is 4. The second kappa shape index (κ2) is 7.31. The van der Waals surface area contributed by atoms with Crippen molar-refractivity contribution in [2.45, 2.75) is 26.5 Å². The molecule has 0 aliphatic carbocycles. The molecule has 0 unspecified atom stereocenters. The van der Waals surface area contributed by atoms with E-state index in [1.54, 1.807) is 13.3 Å². The van der Waals surface area contributed by atoms with Crippen LogP contribution in [0, 0.1) is 0 Å². The highest BCUT2D eigenvalue weighted by Gasteiger charge is 2.07. The van der Waals surface area contributed by atoms with Crippen molar-refractivity contribution in [3.8, 4) is 11.6 Å². The highest BCUT2D eigenvalue weighted by atomic mass is 79.9. The lowest BCUT2D eigenvalue weighted by atomic mass is 10.2. The van der Waals surface area contributed by atoms with Gasteiger partial charge in [0, 0.05) is 12.7 Å². The zero-order valence-electron chi connectivity index (χ0n) is 12.4. The molecule has 5 heteroatoms. The van der Waals surface area contributed by atoms with E-state index in [0.29, 0.717) is 12.4 Å². The van der Waals surface area contributed by atoms with E-state index >= 15 is 0 Å². The second-order valence-corrected chi connectivity index (χ2v) is 5.70. The Morgan fingerprint density at radius 2 is 2.10 bits per heavy atom. The number of benzene rings is 1. The Morgan fingerprint density at radius 1 is 1.29 bits per heavy atom. The summed E-state index contributed by atoms with van der Waals surface area (Å²) in [6.07, 6.45) is 1.82. The molecule has 0 amide bonds. The number of nitrogens with zero attached hydrogens (tertiary/aromatic N) is 1. The van der Waals surface area contributed by atoms with Crippen LogP contribution in [0.15, 0.2) is 41.0 Å². The molecule has 0 aliphatic heterocycles. The fraction of sp³-hybridized carbons (Fsp3) is 0.312. The maximum atomic E-state index is 5.69. The molecule has 21 heavy (non-hydrogen) atoms. The SMILES string of the molecule is COc1ccc(CNc2cccnc2OC(C)C)cc1Br. The average molecular weight is 351 g/mol. The molecule has 1 N–H and O–H groups in total. The summed E-state index contributed by atoms with van der Waals surface area (Å²) in [7, 11) is 1.66. The zero-order chi connectivity index (χ0) is 15.2. The van der Waals surface area contributed by atoms with E-state index in [1.165, 1.54) is 0 Å². The summed E-state index contributed by atoms with van der Waals surface area (Å²) in [5.74, 6) is 1.45. The van der Waals surface area contributed by atoms with E-state index in [1.807, 2.05) is 44.2 Å². The molecule has 0 bridgehead atoms. The third-order valence-corrected chi connectivity index (χ3v) is 3.44. The number of hydrogen-bond donors (Lipinski definition) is 1. The number of halogens is 1. The van der Waals surface area contributed by atoms with Gasteiger partial charge in [0.25, 0.3) is 0 Å².